The molecule has 1 aromatic heterocycles. The maximum Gasteiger partial charge on any atom is 0.433 e. The standard InChI is InChI=1S/C21H20ClF3N4O/c1-13(14-4-5-15(11-26)17(22)10-14)20(30)27-12-16-6-7-18(21(23,24)25)28-19(16)29-8-2-3-9-29/h4-7,10,13H,2-3,8-9,12H2,1H3,(H,27,30). The molecule has 1 fully saturated rings. The summed E-state index contributed by atoms with van der Waals surface area (Å²) in [4.78, 5) is 18.3. The van der Waals surface area contributed by atoms with E-state index in [0.717, 1.165) is 18.9 Å². The van der Waals surface area contributed by atoms with Gasteiger partial charge in [-0.3, -0.25) is 4.79 Å². The fraction of sp³-hybridized carbons (Fsp3) is 0.381. The van der Waals surface area contributed by atoms with Gasteiger partial charge in [-0.15, -0.1) is 0 Å². The number of alkyl halides is 3. The van der Waals surface area contributed by atoms with Crippen LogP contribution in [0.1, 0.15) is 48.1 Å². The molecule has 1 saturated heterocycles. The predicted molar refractivity (Wildman–Crippen MR) is 107 cm³/mol. The second-order valence-corrected chi connectivity index (χ2v) is 7.57. The molecule has 1 aliphatic rings. The second kappa shape index (κ2) is 8.92. The van der Waals surface area contributed by atoms with E-state index in [4.69, 9.17) is 16.9 Å². The van der Waals surface area contributed by atoms with Crippen molar-refractivity contribution in [3.63, 3.8) is 0 Å². The molecule has 1 amide bonds. The number of nitriles is 1. The molecule has 2 aromatic rings. The summed E-state index contributed by atoms with van der Waals surface area (Å²) >= 11 is 6.04. The van der Waals surface area contributed by atoms with Crippen molar-refractivity contribution in [3.8, 4) is 6.07 Å². The van der Waals surface area contributed by atoms with Crippen LogP contribution in [0.25, 0.3) is 0 Å². The summed E-state index contributed by atoms with van der Waals surface area (Å²) in [5.41, 5.74) is 0.546. The first-order valence-electron chi connectivity index (χ1n) is 9.50. The Balaban J connectivity index is 1.76. The molecule has 0 spiro atoms. The third kappa shape index (κ3) is 4.85. The summed E-state index contributed by atoms with van der Waals surface area (Å²) in [6.45, 7) is 3.02. The number of rotatable bonds is 5. The third-order valence-corrected chi connectivity index (χ3v) is 5.42. The Morgan fingerprint density at radius 2 is 2.00 bits per heavy atom. The van der Waals surface area contributed by atoms with E-state index >= 15 is 0 Å². The zero-order chi connectivity index (χ0) is 21.9. The number of aromatic nitrogens is 1. The van der Waals surface area contributed by atoms with Gasteiger partial charge in [-0.05, 0) is 43.5 Å². The van der Waals surface area contributed by atoms with E-state index < -0.39 is 17.8 Å². The number of carbonyl (C=O) groups excluding carboxylic acids is 1. The lowest BCUT2D eigenvalue weighted by Crippen LogP contribution is -2.29. The maximum absolute atomic E-state index is 13.1. The van der Waals surface area contributed by atoms with Gasteiger partial charge < -0.3 is 10.2 Å². The SMILES string of the molecule is CC(C(=O)NCc1ccc(C(F)(F)F)nc1N1CCCC1)c1ccc(C#N)c(Cl)c1. The number of nitrogens with zero attached hydrogens (tertiary/aromatic N) is 3. The highest BCUT2D eigenvalue weighted by atomic mass is 35.5. The summed E-state index contributed by atoms with van der Waals surface area (Å²) < 4.78 is 39.3. The average Bonchev–Trinajstić information content (AvgIpc) is 3.25. The van der Waals surface area contributed by atoms with Crippen molar-refractivity contribution in [2.45, 2.75) is 38.4 Å². The van der Waals surface area contributed by atoms with Gasteiger partial charge in [0.05, 0.1) is 16.5 Å². The van der Waals surface area contributed by atoms with E-state index in [1.165, 1.54) is 6.07 Å². The molecule has 1 unspecified atom stereocenters. The molecule has 0 aliphatic carbocycles. The molecule has 1 aliphatic heterocycles. The van der Waals surface area contributed by atoms with Crippen LogP contribution in [-0.4, -0.2) is 24.0 Å². The Bertz CT molecular complexity index is 981. The molecule has 1 atom stereocenters. The van der Waals surface area contributed by atoms with Crippen molar-refractivity contribution in [3.05, 3.63) is 57.7 Å². The predicted octanol–water partition coefficient (Wildman–Crippen LogP) is 4.65. The Kier molecular flexibility index (Phi) is 6.52. The first-order valence-corrected chi connectivity index (χ1v) is 9.88. The smallest absolute Gasteiger partial charge is 0.356 e. The topological polar surface area (TPSA) is 69.0 Å². The molecule has 1 N–H and O–H groups in total. The lowest BCUT2D eigenvalue weighted by atomic mass is 9.99. The zero-order valence-corrected chi connectivity index (χ0v) is 17.0. The summed E-state index contributed by atoms with van der Waals surface area (Å²) in [6, 6.07) is 9.04. The minimum Gasteiger partial charge on any atom is -0.356 e. The number of halogens is 4. The summed E-state index contributed by atoms with van der Waals surface area (Å²) in [7, 11) is 0. The normalized spacial score (nSPS) is 15.0. The lowest BCUT2D eigenvalue weighted by Gasteiger charge is -2.22. The molecular weight excluding hydrogens is 417 g/mol. The van der Waals surface area contributed by atoms with Crippen LogP contribution in [0.3, 0.4) is 0 Å². The molecule has 9 heteroatoms. The fourth-order valence-electron chi connectivity index (χ4n) is 3.35. The largest absolute Gasteiger partial charge is 0.433 e. The quantitative estimate of drug-likeness (QED) is 0.741. The highest BCUT2D eigenvalue weighted by Gasteiger charge is 2.34. The van der Waals surface area contributed by atoms with Crippen LogP contribution < -0.4 is 10.2 Å². The van der Waals surface area contributed by atoms with E-state index in [1.54, 1.807) is 25.1 Å². The van der Waals surface area contributed by atoms with Crippen molar-refractivity contribution < 1.29 is 18.0 Å². The number of anilines is 1. The van der Waals surface area contributed by atoms with Gasteiger partial charge in [0.2, 0.25) is 5.91 Å². The highest BCUT2D eigenvalue weighted by Crippen LogP contribution is 2.32. The highest BCUT2D eigenvalue weighted by molar-refractivity contribution is 6.31. The first kappa shape index (κ1) is 21.9. The summed E-state index contributed by atoms with van der Waals surface area (Å²) in [5, 5.41) is 12.0. The second-order valence-electron chi connectivity index (χ2n) is 7.16. The van der Waals surface area contributed by atoms with E-state index in [0.29, 0.717) is 29.8 Å². The van der Waals surface area contributed by atoms with Crippen molar-refractivity contribution >= 4 is 23.3 Å². The Morgan fingerprint density at radius 3 is 2.60 bits per heavy atom. The van der Waals surface area contributed by atoms with Gasteiger partial charge in [0.1, 0.15) is 17.6 Å². The maximum atomic E-state index is 13.1. The van der Waals surface area contributed by atoms with Crippen molar-refractivity contribution in [1.82, 2.24) is 10.3 Å². The minimum absolute atomic E-state index is 0.0597. The van der Waals surface area contributed by atoms with Crippen LogP contribution in [-0.2, 0) is 17.5 Å². The number of hydrogen-bond donors (Lipinski definition) is 1. The average molecular weight is 437 g/mol. The number of nitrogens with one attached hydrogen (secondary N) is 1. The molecule has 0 saturated carbocycles. The molecule has 2 heterocycles. The van der Waals surface area contributed by atoms with Gasteiger partial charge in [-0.2, -0.15) is 18.4 Å². The molecule has 158 valence electrons. The molecule has 30 heavy (non-hydrogen) atoms. The number of pyridine rings is 1. The van der Waals surface area contributed by atoms with Crippen LogP contribution in [0.5, 0.6) is 0 Å². The van der Waals surface area contributed by atoms with E-state index in [9.17, 15) is 18.0 Å². The minimum atomic E-state index is -4.53. The van der Waals surface area contributed by atoms with Crippen molar-refractivity contribution in [2.24, 2.45) is 0 Å². The van der Waals surface area contributed by atoms with Gasteiger partial charge in [-0.1, -0.05) is 23.7 Å². The van der Waals surface area contributed by atoms with Crippen LogP contribution in [0.15, 0.2) is 30.3 Å². The van der Waals surface area contributed by atoms with Crippen LogP contribution >= 0.6 is 11.6 Å². The number of carbonyl (C=O) groups is 1. The monoisotopic (exact) mass is 436 g/mol. The van der Waals surface area contributed by atoms with Gasteiger partial charge in [0.15, 0.2) is 0 Å². The molecule has 1 aromatic carbocycles. The lowest BCUT2D eigenvalue weighted by molar-refractivity contribution is -0.141. The fourth-order valence-corrected chi connectivity index (χ4v) is 3.59. The number of amides is 1. The summed E-state index contributed by atoms with van der Waals surface area (Å²) in [5.74, 6) is -0.590. The van der Waals surface area contributed by atoms with Gasteiger partial charge in [0.25, 0.3) is 0 Å². The van der Waals surface area contributed by atoms with Crippen molar-refractivity contribution in [1.29, 1.82) is 5.26 Å². The Hall–Kier alpha value is -2.79. The molecular formula is C21H20ClF3N4O. The van der Waals surface area contributed by atoms with Crippen LogP contribution in [0.2, 0.25) is 5.02 Å². The molecule has 0 radical (unpaired) electrons. The Labute approximate surface area is 177 Å². The van der Waals surface area contributed by atoms with E-state index in [1.807, 2.05) is 11.0 Å². The molecule has 0 bridgehead atoms. The zero-order valence-electron chi connectivity index (χ0n) is 16.3. The van der Waals surface area contributed by atoms with Gasteiger partial charge >= 0.3 is 6.18 Å². The molecule has 3 rings (SSSR count). The molecule has 5 nitrogen and oxygen atoms in total. The van der Waals surface area contributed by atoms with E-state index in [-0.39, 0.29) is 23.3 Å². The van der Waals surface area contributed by atoms with Crippen LogP contribution in [0, 0.1) is 11.3 Å². The first-order chi connectivity index (χ1) is 14.2. The number of hydrogen-bond acceptors (Lipinski definition) is 4. The third-order valence-electron chi connectivity index (χ3n) is 5.11. The van der Waals surface area contributed by atoms with Gasteiger partial charge in [0, 0.05) is 25.2 Å². The van der Waals surface area contributed by atoms with Gasteiger partial charge in [-0.25, -0.2) is 4.98 Å². The number of benzene rings is 1. The Morgan fingerprint density at radius 1 is 1.30 bits per heavy atom. The summed E-state index contributed by atoms with van der Waals surface area (Å²) in [6.07, 6.45) is -2.75. The van der Waals surface area contributed by atoms with E-state index in [2.05, 4.69) is 10.3 Å². The van der Waals surface area contributed by atoms with Crippen LogP contribution in [0.4, 0.5) is 19.0 Å². The van der Waals surface area contributed by atoms with Crippen molar-refractivity contribution in [2.75, 3.05) is 18.0 Å².